The molecule has 0 aromatic heterocycles. The second-order valence-corrected chi connectivity index (χ2v) is 8.09. The number of esters is 1. The molecule has 2 N–H and O–H groups in total. The van der Waals surface area contributed by atoms with Crippen LogP contribution in [0, 0.1) is 0 Å². The van der Waals surface area contributed by atoms with Crippen LogP contribution in [0.1, 0.15) is 30.5 Å². The number of ether oxygens (including phenoxy) is 1. The Morgan fingerprint density at radius 3 is 2.55 bits per heavy atom. The number of rotatable bonds is 7. The van der Waals surface area contributed by atoms with E-state index in [2.05, 4.69) is 15.0 Å². The highest BCUT2D eigenvalue weighted by molar-refractivity contribution is 7.90. The lowest BCUT2D eigenvalue weighted by Gasteiger charge is -2.14. The van der Waals surface area contributed by atoms with Crippen LogP contribution in [-0.4, -0.2) is 39.3 Å². The molecule has 0 saturated heterocycles. The molecule has 152 valence electrons. The number of aliphatic imine (C=N–C) groups is 1. The third-order valence-electron chi connectivity index (χ3n) is 4.29. The summed E-state index contributed by atoms with van der Waals surface area (Å²) in [6, 6.07) is 15.7. The predicted molar refractivity (Wildman–Crippen MR) is 107 cm³/mol. The summed E-state index contributed by atoms with van der Waals surface area (Å²) in [5.41, 5.74) is 1.41. The highest BCUT2D eigenvalue weighted by Gasteiger charge is 2.29. The molecule has 0 saturated carbocycles. The maximum Gasteiger partial charge on any atom is 0.308 e. The molecule has 1 aliphatic rings. The van der Waals surface area contributed by atoms with Crippen LogP contribution in [0.5, 0.6) is 0 Å². The molecule has 1 atom stereocenters. The van der Waals surface area contributed by atoms with E-state index in [9.17, 15) is 18.0 Å². The molecule has 0 spiro atoms. The van der Waals surface area contributed by atoms with E-state index in [1.807, 2.05) is 37.3 Å². The van der Waals surface area contributed by atoms with E-state index in [-0.39, 0.29) is 36.3 Å². The van der Waals surface area contributed by atoms with Crippen LogP contribution in [0.2, 0.25) is 0 Å². The van der Waals surface area contributed by atoms with Crippen LogP contribution in [-0.2, 0) is 24.3 Å². The van der Waals surface area contributed by atoms with Crippen LogP contribution in [0.15, 0.2) is 64.5 Å². The molecule has 29 heavy (non-hydrogen) atoms. The zero-order chi connectivity index (χ0) is 20.9. The fraction of sp³-hybridized carbons (Fsp3) is 0.250. The highest BCUT2D eigenvalue weighted by atomic mass is 32.2. The van der Waals surface area contributed by atoms with Gasteiger partial charge >= 0.3 is 5.97 Å². The van der Waals surface area contributed by atoms with Gasteiger partial charge < -0.3 is 10.1 Å². The monoisotopic (exact) mass is 415 g/mol. The zero-order valence-electron chi connectivity index (χ0n) is 15.8. The summed E-state index contributed by atoms with van der Waals surface area (Å²) in [5.74, 6) is -0.799. The van der Waals surface area contributed by atoms with Crippen molar-refractivity contribution in [1.29, 1.82) is 0 Å². The maximum atomic E-state index is 12.0. The van der Waals surface area contributed by atoms with E-state index < -0.39 is 21.9 Å². The SMILES string of the molecule is C[C@H](NC(=O)COC(=O)CCN=C1NS(=O)(=O)c2ccccc21)c1ccccc1. The Morgan fingerprint density at radius 1 is 1.10 bits per heavy atom. The number of carbonyl (C=O) groups is 2. The number of nitrogens with zero attached hydrogens (tertiary/aromatic N) is 1. The van der Waals surface area contributed by atoms with E-state index in [0.29, 0.717) is 5.56 Å². The van der Waals surface area contributed by atoms with Crippen molar-refractivity contribution in [3.8, 4) is 0 Å². The van der Waals surface area contributed by atoms with E-state index in [1.165, 1.54) is 6.07 Å². The van der Waals surface area contributed by atoms with Gasteiger partial charge in [0.25, 0.3) is 15.9 Å². The Morgan fingerprint density at radius 2 is 1.79 bits per heavy atom. The molecule has 0 aliphatic carbocycles. The first-order valence-electron chi connectivity index (χ1n) is 9.03. The van der Waals surface area contributed by atoms with Crippen LogP contribution >= 0.6 is 0 Å². The van der Waals surface area contributed by atoms with Crippen molar-refractivity contribution in [2.45, 2.75) is 24.3 Å². The number of hydrogen-bond acceptors (Lipinski definition) is 6. The molecule has 1 amide bonds. The predicted octanol–water partition coefficient (Wildman–Crippen LogP) is 1.54. The summed E-state index contributed by atoms with van der Waals surface area (Å²) in [6.07, 6.45) is -0.0745. The van der Waals surface area contributed by atoms with Crippen molar-refractivity contribution in [3.05, 3.63) is 65.7 Å². The number of hydrogen-bond donors (Lipinski definition) is 2. The van der Waals surface area contributed by atoms with Gasteiger partial charge in [0.05, 0.1) is 23.9 Å². The molecule has 0 bridgehead atoms. The quantitative estimate of drug-likeness (QED) is 0.666. The van der Waals surface area contributed by atoms with Crippen molar-refractivity contribution in [1.82, 2.24) is 10.0 Å². The molecule has 0 fully saturated rings. The summed E-state index contributed by atoms with van der Waals surface area (Å²) >= 11 is 0. The second-order valence-electron chi connectivity index (χ2n) is 6.44. The van der Waals surface area contributed by atoms with Gasteiger partial charge in [0.15, 0.2) is 6.61 Å². The van der Waals surface area contributed by atoms with Gasteiger partial charge in [-0.15, -0.1) is 0 Å². The van der Waals surface area contributed by atoms with Gasteiger partial charge in [-0.3, -0.25) is 19.3 Å². The van der Waals surface area contributed by atoms with Gasteiger partial charge in [-0.25, -0.2) is 8.42 Å². The summed E-state index contributed by atoms with van der Waals surface area (Å²) in [4.78, 5) is 28.1. The van der Waals surface area contributed by atoms with E-state index in [0.717, 1.165) is 5.56 Å². The number of nitrogens with one attached hydrogen (secondary N) is 2. The molecule has 0 unspecified atom stereocenters. The van der Waals surface area contributed by atoms with Crippen molar-refractivity contribution < 1.29 is 22.7 Å². The topological polar surface area (TPSA) is 114 Å². The minimum absolute atomic E-state index is 0.0348. The first kappa shape index (κ1) is 20.5. The van der Waals surface area contributed by atoms with Crippen LogP contribution in [0.3, 0.4) is 0 Å². The first-order valence-corrected chi connectivity index (χ1v) is 10.5. The Bertz CT molecular complexity index is 1040. The fourth-order valence-corrected chi connectivity index (χ4v) is 4.09. The summed E-state index contributed by atoms with van der Waals surface area (Å²) in [7, 11) is -3.61. The van der Waals surface area contributed by atoms with Gasteiger partial charge in [-0.2, -0.15) is 0 Å². The highest BCUT2D eigenvalue weighted by Crippen LogP contribution is 2.22. The Kier molecular flexibility index (Phi) is 6.28. The second kappa shape index (κ2) is 8.87. The number of sulfonamides is 1. The molecule has 8 nitrogen and oxygen atoms in total. The normalized spacial score (nSPS) is 16.5. The molecular formula is C20H21N3O5S. The van der Waals surface area contributed by atoms with Crippen LogP contribution < -0.4 is 10.0 Å². The lowest BCUT2D eigenvalue weighted by Crippen LogP contribution is -2.31. The Hall–Kier alpha value is -3.20. The van der Waals surface area contributed by atoms with Crippen molar-refractivity contribution in [2.24, 2.45) is 4.99 Å². The summed E-state index contributed by atoms with van der Waals surface area (Å²) < 4.78 is 31.3. The van der Waals surface area contributed by atoms with Gasteiger partial charge in [-0.05, 0) is 24.6 Å². The van der Waals surface area contributed by atoms with E-state index >= 15 is 0 Å². The largest absolute Gasteiger partial charge is 0.456 e. The Balaban J connectivity index is 1.45. The number of amides is 1. The first-order chi connectivity index (χ1) is 13.9. The smallest absolute Gasteiger partial charge is 0.308 e. The van der Waals surface area contributed by atoms with E-state index in [1.54, 1.807) is 18.2 Å². The lowest BCUT2D eigenvalue weighted by atomic mass is 10.1. The third-order valence-corrected chi connectivity index (χ3v) is 5.69. The minimum Gasteiger partial charge on any atom is -0.456 e. The number of fused-ring (bicyclic) bond motifs is 1. The molecule has 1 aliphatic heterocycles. The number of amidine groups is 1. The van der Waals surface area contributed by atoms with Gasteiger partial charge in [0.1, 0.15) is 5.84 Å². The zero-order valence-corrected chi connectivity index (χ0v) is 16.6. The lowest BCUT2D eigenvalue weighted by molar-refractivity contribution is -0.148. The molecule has 2 aromatic carbocycles. The van der Waals surface area contributed by atoms with Crippen molar-refractivity contribution in [3.63, 3.8) is 0 Å². The van der Waals surface area contributed by atoms with E-state index in [4.69, 9.17) is 4.74 Å². The molecular weight excluding hydrogens is 394 g/mol. The minimum atomic E-state index is -3.61. The molecule has 2 aromatic rings. The summed E-state index contributed by atoms with van der Waals surface area (Å²) in [6.45, 7) is 1.49. The van der Waals surface area contributed by atoms with Crippen LogP contribution in [0.25, 0.3) is 0 Å². The average Bonchev–Trinajstić information content (AvgIpc) is 2.97. The van der Waals surface area contributed by atoms with Gasteiger partial charge in [-0.1, -0.05) is 42.5 Å². The fourth-order valence-electron chi connectivity index (χ4n) is 2.84. The average molecular weight is 415 g/mol. The maximum absolute atomic E-state index is 12.0. The number of carbonyl (C=O) groups excluding carboxylic acids is 2. The van der Waals surface area contributed by atoms with Gasteiger partial charge in [0.2, 0.25) is 0 Å². The van der Waals surface area contributed by atoms with Crippen molar-refractivity contribution >= 4 is 27.7 Å². The molecule has 9 heteroatoms. The summed E-state index contributed by atoms with van der Waals surface area (Å²) in [5, 5.41) is 2.75. The van der Waals surface area contributed by atoms with Crippen molar-refractivity contribution in [2.75, 3.05) is 13.2 Å². The molecule has 1 heterocycles. The van der Waals surface area contributed by atoms with Gasteiger partial charge in [0, 0.05) is 5.56 Å². The van der Waals surface area contributed by atoms with Crippen LogP contribution in [0.4, 0.5) is 0 Å². The molecule has 0 radical (unpaired) electrons. The number of benzene rings is 2. The Labute approximate surface area is 169 Å². The molecule has 3 rings (SSSR count). The third kappa shape index (κ3) is 5.20. The standard InChI is InChI=1S/C20H21N3O5S/c1-14(15-7-3-2-4-8-15)22-18(24)13-28-19(25)11-12-21-20-16-9-5-6-10-17(16)29(26,27)23-20/h2-10,14H,11-13H2,1H3,(H,21,23)(H,22,24)/t14-/m0/s1.